The van der Waals surface area contributed by atoms with Gasteiger partial charge in [0.25, 0.3) is 0 Å². The first-order chi connectivity index (χ1) is 11.0. The summed E-state index contributed by atoms with van der Waals surface area (Å²) in [6, 6.07) is 3.85. The molecule has 0 aromatic carbocycles. The van der Waals surface area contributed by atoms with Gasteiger partial charge in [-0.1, -0.05) is 75.3 Å². The molecule has 0 aromatic heterocycles. The highest BCUT2D eigenvalue weighted by atomic mass is 127. The summed E-state index contributed by atoms with van der Waals surface area (Å²) in [5.41, 5.74) is 2.19. The molecule has 0 radical (unpaired) electrons. The van der Waals surface area contributed by atoms with Gasteiger partial charge < -0.3 is 4.43 Å². The van der Waals surface area contributed by atoms with Gasteiger partial charge in [0.1, 0.15) is 0 Å². The summed E-state index contributed by atoms with van der Waals surface area (Å²) in [7, 11) is -1.49. The summed E-state index contributed by atoms with van der Waals surface area (Å²) in [5.74, 6) is 1.51. The van der Waals surface area contributed by atoms with Gasteiger partial charge in [0.2, 0.25) is 0 Å². The van der Waals surface area contributed by atoms with Crippen molar-refractivity contribution < 1.29 is 4.43 Å². The first-order valence-corrected chi connectivity index (χ1v) is 14.0. The van der Waals surface area contributed by atoms with E-state index < -0.39 is 8.32 Å². The summed E-state index contributed by atoms with van der Waals surface area (Å²) >= 11 is 2.53. The third-order valence-corrected chi connectivity index (χ3v) is 12.4. The van der Waals surface area contributed by atoms with Gasteiger partial charge in [-0.25, -0.2) is 0 Å². The predicted molar refractivity (Wildman–Crippen MR) is 113 cm³/mol. The van der Waals surface area contributed by atoms with E-state index in [1.165, 1.54) is 54.7 Å². The Morgan fingerprint density at radius 1 is 1.30 bits per heavy atom. The largest absolute Gasteiger partial charge is 0.414 e. The second-order valence-corrected chi connectivity index (χ2v) is 13.9. The van der Waals surface area contributed by atoms with Crippen LogP contribution in [0.3, 0.4) is 0 Å². The van der Waals surface area contributed by atoms with E-state index in [2.05, 4.69) is 63.3 Å². The maximum absolute atomic E-state index is 7.00. The highest BCUT2D eigenvalue weighted by molar-refractivity contribution is 14.1. The monoisotopic (exact) mass is 448 g/mol. The van der Waals surface area contributed by atoms with Crippen molar-refractivity contribution in [3.63, 3.8) is 0 Å². The van der Waals surface area contributed by atoms with Gasteiger partial charge in [-0.05, 0) is 61.1 Å². The minimum absolute atomic E-state index is 0.420. The van der Waals surface area contributed by atoms with Crippen LogP contribution in [0, 0.1) is 17.3 Å². The van der Waals surface area contributed by atoms with E-state index in [-0.39, 0.29) is 0 Å². The van der Waals surface area contributed by atoms with E-state index in [1.54, 1.807) is 5.57 Å². The highest BCUT2D eigenvalue weighted by Gasteiger charge is 2.50. The van der Waals surface area contributed by atoms with E-state index in [4.69, 9.17) is 4.43 Å². The van der Waals surface area contributed by atoms with Gasteiger partial charge in [-0.15, -0.1) is 0 Å². The average molecular weight is 449 g/mol. The molecule has 0 aromatic rings. The molecule has 2 aliphatic rings. The van der Waals surface area contributed by atoms with Crippen LogP contribution < -0.4 is 0 Å². The second-order valence-electron chi connectivity index (χ2n) is 8.09. The quantitative estimate of drug-likeness (QED) is 0.169. The van der Waals surface area contributed by atoms with Crippen LogP contribution in [0.15, 0.2) is 11.6 Å². The molecule has 0 N–H and O–H groups in total. The molecule has 0 amide bonds. The standard InChI is InChI=1S/C20H37IOSi/c1-6-23(7-2,8-3)22-19-10-9-14-20(5)17(11-12-18(19)20)16(4)13-15-21/h11,16,18-19H,6-10,12-15H2,1-5H3/t16-,18?,19+,20-/m1/s1. The number of fused-ring (bicyclic) bond motifs is 1. The van der Waals surface area contributed by atoms with Crippen LogP contribution >= 0.6 is 22.6 Å². The Morgan fingerprint density at radius 3 is 2.52 bits per heavy atom. The molecule has 0 bridgehead atoms. The van der Waals surface area contributed by atoms with Crippen molar-refractivity contribution in [1.29, 1.82) is 0 Å². The lowest BCUT2D eigenvalue weighted by molar-refractivity contribution is 0.0176. The molecule has 4 atom stereocenters. The zero-order valence-corrected chi connectivity index (χ0v) is 19.1. The van der Waals surface area contributed by atoms with Crippen LogP contribution in [0.2, 0.25) is 18.1 Å². The molecular weight excluding hydrogens is 411 g/mol. The smallest absolute Gasteiger partial charge is 0.192 e. The van der Waals surface area contributed by atoms with Gasteiger partial charge in [0.05, 0.1) is 0 Å². The second kappa shape index (κ2) is 8.35. The summed E-state index contributed by atoms with van der Waals surface area (Å²) in [6.45, 7) is 12.1. The molecule has 2 rings (SSSR count). The summed E-state index contributed by atoms with van der Waals surface area (Å²) in [6.07, 6.45) is 9.77. The Kier molecular flexibility index (Phi) is 7.25. The van der Waals surface area contributed by atoms with Crippen molar-refractivity contribution in [1.82, 2.24) is 0 Å². The first-order valence-electron chi connectivity index (χ1n) is 9.90. The van der Waals surface area contributed by atoms with Crippen molar-refractivity contribution >= 4 is 30.9 Å². The molecule has 1 unspecified atom stereocenters. The van der Waals surface area contributed by atoms with Crippen LogP contribution in [-0.4, -0.2) is 18.8 Å². The van der Waals surface area contributed by atoms with E-state index in [1.807, 2.05) is 0 Å². The fourth-order valence-electron chi connectivity index (χ4n) is 5.27. The average Bonchev–Trinajstić information content (AvgIpc) is 2.91. The lowest BCUT2D eigenvalue weighted by Gasteiger charge is -2.48. The SMILES string of the molecule is CC[Si](CC)(CC)O[C@H]1CCC[C@]2(C)C([C@H](C)CCI)=CCC12. The van der Waals surface area contributed by atoms with Crippen molar-refractivity contribution in [2.24, 2.45) is 17.3 Å². The molecule has 1 fully saturated rings. The molecule has 1 saturated carbocycles. The molecule has 0 aliphatic heterocycles. The van der Waals surface area contributed by atoms with Crippen molar-refractivity contribution in [3.05, 3.63) is 11.6 Å². The number of hydrogen-bond donors (Lipinski definition) is 0. The van der Waals surface area contributed by atoms with Crippen molar-refractivity contribution in [2.75, 3.05) is 4.43 Å². The fourth-order valence-corrected chi connectivity index (χ4v) is 9.13. The number of halogens is 1. The summed E-state index contributed by atoms with van der Waals surface area (Å²) in [4.78, 5) is 0. The number of allylic oxidation sites excluding steroid dienone is 2. The summed E-state index contributed by atoms with van der Waals surface area (Å²) in [5, 5.41) is 0. The van der Waals surface area contributed by atoms with Crippen molar-refractivity contribution in [3.8, 4) is 0 Å². The Hall–Kier alpha value is 0.647. The zero-order valence-electron chi connectivity index (χ0n) is 16.0. The minimum atomic E-state index is -1.49. The topological polar surface area (TPSA) is 9.23 Å². The normalized spacial score (nSPS) is 32.5. The zero-order chi connectivity index (χ0) is 17.1. The molecule has 0 spiro atoms. The van der Waals surface area contributed by atoms with Gasteiger partial charge in [0.15, 0.2) is 8.32 Å². The Labute approximate surface area is 159 Å². The Balaban J connectivity index is 2.16. The lowest BCUT2D eigenvalue weighted by Crippen LogP contribution is -2.48. The maximum atomic E-state index is 7.00. The molecule has 0 saturated heterocycles. The molecular formula is C20H37IOSi. The van der Waals surface area contributed by atoms with Crippen LogP contribution in [-0.2, 0) is 4.43 Å². The van der Waals surface area contributed by atoms with Crippen LogP contribution in [0.1, 0.15) is 66.7 Å². The van der Waals surface area contributed by atoms with E-state index >= 15 is 0 Å². The van der Waals surface area contributed by atoms with Gasteiger partial charge >= 0.3 is 0 Å². The molecule has 23 heavy (non-hydrogen) atoms. The van der Waals surface area contributed by atoms with Crippen LogP contribution in [0.5, 0.6) is 0 Å². The van der Waals surface area contributed by atoms with Crippen molar-refractivity contribution in [2.45, 2.75) is 91.0 Å². The fraction of sp³-hybridized carbons (Fsp3) is 0.900. The Bertz CT molecular complexity index is 410. The third kappa shape index (κ3) is 3.92. The third-order valence-electron chi connectivity index (χ3n) is 7.11. The van der Waals surface area contributed by atoms with E-state index in [0.717, 1.165) is 11.8 Å². The number of hydrogen-bond acceptors (Lipinski definition) is 1. The highest BCUT2D eigenvalue weighted by Crippen LogP contribution is 2.56. The minimum Gasteiger partial charge on any atom is -0.414 e. The van der Waals surface area contributed by atoms with Gasteiger partial charge in [-0.3, -0.25) is 0 Å². The van der Waals surface area contributed by atoms with Crippen LogP contribution in [0.4, 0.5) is 0 Å². The number of rotatable bonds is 8. The lowest BCUT2D eigenvalue weighted by atomic mass is 9.63. The number of alkyl halides is 1. The molecule has 134 valence electrons. The molecule has 3 heteroatoms. The molecule has 0 heterocycles. The van der Waals surface area contributed by atoms with Gasteiger partial charge in [-0.2, -0.15) is 0 Å². The van der Waals surface area contributed by atoms with E-state index in [9.17, 15) is 0 Å². The van der Waals surface area contributed by atoms with Crippen LogP contribution in [0.25, 0.3) is 0 Å². The molecule has 1 nitrogen and oxygen atoms in total. The first kappa shape index (κ1) is 20.0. The predicted octanol–water partition coefficient (Wildman–Crippen LogP) is 6.97. The Morgan fingerprint density at radius 2 is 1.96 bits per heavy atom. The van der Waals surface area contributed by atoms with Gasteiger partial charge in [0, 0.05) is 10.5 Å². The summed E-state index contributed by atoms with van der Waals surface area (Å²) < 4.78 is 8.27. The van der Waals surface area contributed by atoms with E-state index in [0.29, 0.717) is 11.5 Å². The molecule has 2 aliphatic carbocycles. The maximum Gasteiger partial charge on any atom is 0.192 e.